The van der Waals surface area contributed by atoms with E-state index >= 15 is 0 Å². The van der Waals surface area contributed by atoms with Crippen molar-refractivity contribution in [1.29, 1.82) is 0 Å². The molecule has 1 aromatic heterocycles. The zero-order chi connectivity index (χ0) is 13.5. The molecule has 106 valence electrons. The fourth-order valence-corrected chi connectivity index (χ4v) is 5.25. The molecule has 1 aromatic rings. The van der Waals surface area contributed by atoms with E-state index in [-0.39, 0.29) is 6.10 Å². The van der Waals surface area contributed by atoms with Crippen LogP contribution in [0.2, 0.25) is 0 Å². The number of thiophene rings is 1. The third-order valence-corrected chi connectivity index (χ3v) is 5.91. The standard InChI is InChI=1S/C14H21NO2S2/c1-9-6-12(11-4-5-18-13(11)19-9)15-7-10-8-16-14(2,3)17-10/h4-5,9-10,12,15H,6-8H2,1-3H3/t9-,10?,12?/m0/s1. The summed E-state index contributed by atoms with van der Waals surface area (Å²) in [7, 11) is 0. The highest BCUT2D eigenvalue weighted by molar-refractivity contribution is 8.01. The SMILES string of the molecule is C[C@H]1CC(NCC2COC(C)(C)O2)c2ccsc2S1. The molecule has 0 aromatic carbocycles. The second kappa shape index (κ2) is 5.37. The van der Waals surface area contributed by atoms with Crippen LogP contribution in [-0.4, -0.2) is 30.3 Å². The first kappa shape index (κ1) is 13.9. The Morgan fingerprint density at radius 2 is 2.32 bits per heavy atom. The van der Waals surface area contributed by atoms with E-state index in [1.807, 2.05) is 36.9 Å². The molecule has 2 aliphatic rings. The number of hydrogen-bond acceptors (Lipinski definition) is 5. The number of ether oxygens (including phenoxy) is 2. The Hall–Kier alpha value is -0.0700. The highest BCUT2D eigenvalue weighted by Crippen LogP contribution is 2.43. The van der Waals surface area contributed by atoms with Gasteiger partial charge in [-0.3, -0.25) is 0 Å². The Balaban J connectivity index is 1.59. The van der Waals surface area contributed by atoms with Crippen molar-refractivity contribution in [2.45, 2.75) is 54.6 Å². The van der Waals surface area contributed by atoms with E-state index in [0.717, 1.165) is 6.54 Å². The monoisotopic (exact) mass is 299 g/mol. The van der Waals surface area contributed by atoms with Gasteiger partial charge in [0.2, 0.25) is 0 Å². The molecular formula is C14H21NO2S2. The first-order chi connectivity index (χ1) is 9.03. The lowest BCUT2D eigenvalue weighted by atomic mass is 10.0. The fourth-order valence-electron chi connectivity index (χ4n) is 2.68. The van der Waals surface area contributed by atoms with Crippen LogP contribution in [0.5, 0.6) is 0 Å². The van der Waals surface area contributed by atoms with Crippen molar-refractivity contribution < 1.29 is 9.47 Å². The number of thioether (sulfide) groups is 1. The molecule has 0 aliphatic carbocycles. The minimum atomic E-state index is -0.421. The molecule has 0 saturated carbocycles. The predicted molar refractivity (Wildman–Crippen MR) is 79.9 cm³/mol. The summed E-state index contributed by atoms with van der Waals surface area (Å²) in [5.74, 6) is -0.421. The zero-order valence-electron chi connectivity index (χ0n) is 11.6. The van der Waals surface area contributed by atoms with Crippen molar-refractivity contribution in [2.24, 2.45) is 0 Å². The third-order valence-electron chi connectivity index (χ3n) is 3.57. The Labute approximate surface area is 123 Å². The van der Waals surface area contributed by atoms with Crippen molar-refractivity contribution >= 4 is 23.1 Å². The summed E-state index contributed by atoms with van der Waals surface area (Å²) < 4.78 is 12.9. The van der Waals surface area contributed by atoms with Gasteiger partial charge in [0, 0.05) is 17.8 Å². The molecule has 1 saturated heterocycles. The van der Waals surface area contributed by atoms with Gasteiger partial charge in [-0.15, -0.1) is 23.1 Å². The summed E-state index contributed by atoms with van der Waals surface area (Å²) in [6.07, 6.45) is 1.35. The highest BCUT2D eigenvalue weighted by atomic mass is 32.2. The van der Waals surface area contributed by atoms with E-state index in [0.29, 0.717) is 17.9 Å². The van der Waals surface area contributed by atoms with Gasteiger partial charge in [0.1, 0.15) is 0 Å². The van der Waals surface area contributed by atoms with E-state index in [2.05, 4.69) is 23.7 Å². The van der Waals surface area contributed by atoms with Crippen LogP contribution in [0.3, 0.4) is 0 Å². The van der Waals surface area contributed by atoms with Gasteiger partial charge in [0.25, 0.3) is 0 Å². The summed E-state index contributed by atoms with van der Waals surface area (Å²) in [6, 6.07) is 2.72. The molecule has 0 radical (unpaired) electrons. The maximum atomic E-state index is 5.85. The molecule has 2 unspecified atom stereocenters. The van der Waals surface area contributed by atoms with E-state index in [4.69, 9.17) is 9.47 Å². The average molecular weight is 299 g/mol. The van der Waals surface area contributed by atoms with Crippen LogP contribution in [-0.2, 0) is 9.47 Å². The summed E-state index contributed by atoms with van der Waals surface area (Å²) >= 11 is 3.86. The maximum absolute atomic E-state index is 5.85. The number of hydrogen-bond donors (Lipinski definition) is 1. The molecular weight excluding hydrogens is 278 g/mol. The van der Waals surface area contributed by atoms with Gasteiger partial charge in [0.15, 0.2) is 5.79 Å². The van der Waals surface area contributed by atoms with Crippen LogP contribution in [0.4, 0.5) is 0 Å². The maximum Gasteiger partial charge on any atom is 0.163 e. The van der Waals surface area contributed by atoms with E-state index in [9.17, 15) is 0 Å². The van der Waals surface area contributed by atoms with Crippen molar-refractivity contribution in [2.75, 3.05) is 13.2 Å². The smallest absolute Gasteiger partial charge is 0.163 e. The van der Waals surface area contributed by atoms with Gasteiger partial charge in [-0.05, 0) is 37.3 Å². The Kier molecular flexibility index (Phi) is 3.93. The van der Waals surface area contributed by atoms with Gasteiger partial charge in [-0.2, -0.15) is 0 Å². The second-order valence-corrected chi connectivity index (χ2v) is 8.36. The summed E-state index contributed by atoms with van der Waals surface area (Å²) in [5, 5.41) is 6.54. The molecule has 3 atom stereocenters. The van der Waals surface area contributed by atoms with Crippen LogP contribution in [0, 0.1) is 0 Å². The van der Waals surface area contributed by atoms with Crippen molar-refractivity contribution in [3.8, 4) is 0 Å². The molecule has 3 heterocycles. The van der Waals surface area contributed by atoms with Crippen LogP contribution >= 0.6 is 23.1 Å². The lowest BCUT2D eigenvalue weighted by Crippen LogP contribution is -2.35. The second-order valence-electron chi connectivity index (χ2n) is 5.74. The molecule has 0 spiro atoms. The van der Waals surface area contributed by atoms with Crippen molar-refractivity contribution in [3.05, 3.63) is 17.0 Å². The van der Waals surface area contributed by atoms with Gasteiger partial charge >= 0.3 is 0 Å². The largest absolute Gasteiger partial charge is 0.348 e. The predicted octanol–water partition coefficient (Wildman–Crippen LogP) is 3.41. The minimum absolute atomic E-state index is 0.168. The lowest BCUT2D eigenvalue weighted by molar-refractivity contribution is -0.137. The summed E-state index contributed by atoms with van der Waals surface area (Å²) in [4.78, 5) is 0. The number of rotatable bonds is 3. The van der Waals surface area contributed by atoms with Crippen LogP contribution in [0.1, 0.15) is 38.8 Å². The third kappa shape index (κ3) is 3.16. The van der Waals surface area contributed by atoms with Crippen LogP contribution in [0.25, 0.3) is 0 Å². The first-order valence-corrected chi connectivity index (χ1v) is 8.58. The van der Waals surface area contributed by atoms with Gasteiger partial charge in [-0.1, -0.05) is 6.92 Å². The molecule has 1 N–H and O–H groups in total. The summed E-state index contributed by atoms with van der Waals surface area (Å²) in [5.41, 5.74) is 1.46. The molecule has 5 heteroatoms. The van der Waals surface area contributed by atoms with E-state index in [1.54, 1.807) is 0 Å². The Bertz CT molecular complexity index is 446. The van der Waals surface area contributed by atoms with Crippen molar-refractivity contribution in [3.63, 3.8) is 0 Å². The van der Waals surface area contributed by atoms with Gasteiger partial charge in [-0.25, -0.2) is 0 Å². The van der Waals surface area contributed by atoms with E-state index in [1.165, 1.54) is 16.2 Å². The zero-order valence-corrected chi connectivity index (χ0v) is 13.3. The average Bonchev–Trinajstić information content (AvgIpc) is 2.92. The van der Waals surface area contributed by atoms with Crippen LogP contribution < -0.4 is 5.32 Å². The first-order valence-electron chi connectivity index (χ1n) is 6.83. The van der Waals surface area contributed by atoms with Crippen LogP contribution in [0.15, 0.2) is 15.7 Å². The highest BCUT2D eigenvalue weighted by Gasteiger charge is 2.33. The summed E-state index contributed by atoms with van der Waals surface area (Å²) in [6.45, 7) is 7.81. The Morgan fingerprint density at radius 1 is 1.47 bits per heavy atom. The molecule has 19 heavy (non-hydrogen) atoms. The molecule has 0 amide bonds. The minimum Gasteiger partial charge on any atom is -0.348 e. The fraction of sp³-hybridized carbons (Fsp3) is 0.714. The van der Waals surface area contributed by atoms with Gasteiger partial charge in [0.05, 0.1) is 16.9 Å². The Morgan fingerprint density at radius 3 is 3.05 bits per heavy atom. The molecule has 3 rings (SSSR count). The normalized spacial score (nSPS) is 33.3. The topological polar surface area (TPSA) is 30.5 Å². The van der Waals surface area contributed by atoms with Crippen molar-refractivity contribution in [1.82, 2.24) is 5.32 Å². The number of fused-ring (bicyclic) bond motifs is 1. The quantitative estimate of drug-likeness (QED) is 0.926. The number of nitrogens with one attached hydrogen (secondary N) is 1. The molecule has 1 fully saturated rings. The lowest BCUT2D eigenvalue weighted by Gasteiger charge is -2.28. The van der Waals surface area contributed by atoms with E-state index < -0.39 is 5.79 Å². The molecule has 0 bridgehead atoms. The van der Waals surface area contributed by atoms with Gasteiger partial charge < -0.3 is 14.8 Å². The molecule has 2 aliphatic heterocycles. The molecule has 3 nitrogen and oxygen atoms in total.